The van der Waals surface area contributed by atoms with E-state index in [-0.39, 0.29) is 6.61 Å². The molecule has 0 aromatic carbocycles. The summed E-state index contributed by atoms with van der Waals surface area (Å²) in [6.07, 6.45) is 0.990. The summed E-state index contributed by atoms with van der Waals surface area (Å²) >= 11 is 0. The molecule has 1 aromatic rings. The number of rotatable bonds is 6. The number of hydrogen-bond acceptors (Lipinski definition) is 4. The molecule has 5 nitrogen and oxygen atoms in total. The molecule has 0 aliphatic heterocycles. The lowest BCUT2D eigenvalue weighted by atomic mass is 10.4. The zero-order chi connectivity index (χ0) is 10.4. The average molecular weight is 199 g/mol. The molecule has 0 saturated heterocycles. The van der Waals surface area contributed by atoms with E-state index in [1.54, 1.807) is 0 Å². The van der Waals surface area contributed by atoms with Crippen LogP contribution in [-0.4, -0.2) is 26.5 Å². The van der Waals surface area contributed by atoms with Gasteiger partial charge in [0.05, 0.1) is 0 Å². The van der Waals surface area contributed by atoms with Crippen molar-refractivity contribution in [2.24, 2.45) is 0 Å². The number of nitrogens with zero attached hydrogens (tertiary/aromatic N) is 3. The van der Waals surface area contributed by atoms with Crippen LogP contribution in [0.2, 0.25) is 0 Å². The van der Waals surface area contributed by atoms with Crippen molar-refractivity contribution in [1.29, 1.82) is 0 Å². The highest BCUT2D eigenvalue weighted by Crippen LogP contribution is 2.05. The molecule has 0 amide bonds. The lowest BCUT2D eigenvalue weighted by Gasteiger charge is -2.07. The van der Waals surface area contributed by atoms with Crippen LogP contribution in [0.1, 0.15) is 31.9 Å². The van der Waals surface area contributed by atoms with Crippen LogP contribution in [0.4, 0.5) is 0 Å². The Kier molecular flexibility index (Phi) is 4.55. The SMILES string of the molecule is CCCn1c(CO)nnc1COCC. The highest BCUT2D eigenvalue weighted by Gasteiger charge is 2.09. The van der Waals surface area contributed by atoms with Crippen LogP contribution >= 0.6 is 0 Å². The molecular weight excluding hydrogens is 182 g/mol. The maximum Gasteiger partial charge on any atom is 0.159 e. The van der Waals surface area contributed by atoms with Gasteiger partial charge in [0.15, 0.2) is 11.6 Å². The molecule has 14 heavy (non-hydrogen) atoms. The van der Waals surface area contributed by atoms with Gasteiger partial charge in [-0.05, 0) is 13.3 Å². The van der Waals surface area contributed by atoms with Gasteiger partial charge in [-0.15, -0.1) is 10.2 Å². The van der Waals surface area contributed by atoms with Crippen molar-refractivity contribution in [3.8, 4) is 0 Å². The van der Waals surface area contributed by atoms with Crippen LogP contribution in [0.15, 0.2) is 0 Å². The Hall–Kier alpha value is -0.940. The van der Waals surface area contributed by atoms with Crippen LogP contribution in [0.25, 0.3) is 0 Å². The Balaban J connectivity index is 2.75. The Morgan fingerprint density at radius 2 is 2.00 bits per heavy atom. The highest BCUT2D eigenvalue weighted by atomic mass is 16.5. The van der Waals surface area contributed by atoms with E-state index in [2.05, 4.69) is 17.1 Å². The van der Waals surface area contributed by atoms with E-state index in [1.807, 2.05) is 11.5 Å². The first kappa shape index (κ1) is 11.1. The summed E-state index contributed by atoms with van der Waals surface area (Å²) < 4.78 is 7.17. The molecule has 80 valence electrons. The van der Waals surface area contributed by atoms with Gasteiger partial charge in [0, 0.05) is 13.2 Å². The van der Waals surface area contributed by atoms with Gasteiger partial charge >= 0.3 is 0 Å². The van der Waals surface area contributed by atoms with Crippen LogP contribution in [0.5, 0.6) is 0 Å². The molecule has 1 N–H and O–H groups in total. The largest absolute Gasteiger partial charge is 0.388 e. The summed E-state index contributed by atoms with van der Waals surface area (Å²) in [7, 11) is 0. The third-order valence-corrected chi connectivity index (χ3v) is 1.93. The molecule has 0 radical (unpaired) electrons. The van der Waals surface area contributed by atoms with Crippen LogP contribution in [0, 0.1) is 0 Å². The van der Waals surface area contributed by atoms with E-state index >= 15 is 0 Å². The molecule has 0 fully saturated rings. The first-order valence-electron chi connectivity index (χ1n) is 4.93. The molecule has 0 unspecified atom stereocenters. The minimum atomic E-state index is -0.0703. The summed E-state index contributed by atoms with van der Waals surface area (Å²) in [6, 6.07) is 0. The summed E-state index contributed by atoms with van der Waals surface area (Å²) in [5.74, 6) is 1.40. The number of aliphatic hydroxyl groups excluding tert-OH is 1. The van der Waals surface area contributed by atoms with Crippen LogP contribution < -0.4 is 0 Å². The van der Waals surface area contributed by atoms with E-state index in [4.69, 9.17) is 9.84 Å². The molecule has 0 spiro atoms. The average Bonchev–Trinajstić information content (AvgIpc) is 2.58. The molecule has 0 saturated carbocycles. The van der Waals surface area contributed by atoms with E-state index < -0.39 is 0 Å². The second kappa shape index (κ2) is 5.72. The van der Waals surface area contributed by atoms with E-state index in [0.29, 0.717) is 19.0 Å². The van der Waals surface area contributed by atoms with Crippen molar-refractivity contribution in [1.82, 2.24) is 14.8 Å². The monoisotopic (exact) mass is 199 g/mol. The molecule has 1 aromatic heterocycles. The van der Waals surface area contributed by atoms with Crippen molar-refractivity contribution in [3.63, 3.8) is 0 Å². The van der Waals surface area contributed by atoms with Gasteiger partial charge in [0.1, 0.15) is 13.2 Å². The van der Waals surface area contributed by atoms with Crippen LogP contribution in [-0.2, 0) is 24.5 Å². The molecule has 5 heteroatoms. The second-order valence-corrected chi connectivity index (χ2v) is 2.98. The first-order valence-corrected chi connectivity index (χ1v) is 4.93. The third-order valence-electron chi connectivity index (χ3n) is 1.93. The molecule has 1 heterocycles. The van der Waals surface area contributed by atoms with Gasteiger partial charge < -0.3 is 14.4 Å². The van der Waals surface area contributed by atoms with Gasteiger partial charge in [0.2, 0.25) is 0 Å². The Labute approximate surface area is 83.7 Å². The minimum absolute atomic E-state index is 0.0703. The summed E-state index contributed by atoms with van der Waals surface area (Å²) in [6.45, 7) is 5.89. The summed E-state index contributed by atoms with van der Waals surface area (Å²) in [5, 5.41) is 16.9. The number of aliphatic hydroxyl groups is 1. The standard InChI is InChI=1S/C9H17N3O2/c1-3-5-12-8(6-13)10-11-9(12)7-14-4-2/h13H,3-7H2,1-2H3. The number of aromatic nitrogens is 3. The topological polar surface area (TPSA) is 60.2 Å². The fourth-order valence-electron chi connectivity index (χ4n) is 1.27. The predicted octanol–water partition coefficient (Wildman–Crippen LogP) is 0.717. The first-order chi connectivity index (χ1) is 6.83. The maximum absolute atomic E-state index is 9.02. The van der Waals surface area contributed by atoms with Gasteiger partial charge in [-0.2, -0.15) is 0 Å². The highest BCUT2D eigenvalue weighted by molar-refractivity contribution is 4.93. The van der Waals surface area contributed by atoms with Crippen molar-refractivity contribution >= 4 is 0 Å². The van der Waals surface area contributed by atoms with E-state index in [9.17, 15) is 0 Å². The predicted molar refractivity (Wildman–Crippen MR) is 51.6 cm³/mol. The molecule has 1 rings (SSSR count). The lowest BCUT2D eigenvalue weighted by Crippen LogP contribution is -2.09. The molecular formula is C9H17N3O2. The molecule has 0 atom stereocenters. The Bertz CT molecular complexity index is 273. The molecule has 0 aliphatic carbocycles. The minimum Gasteiger partial charge on any atom is -0.388 e. The third kappa shape index (κ3) is 2.52. The van der Waals surface area contributed by atoms with Crippen molar-refractivity contribution in [3.05, 3.63) is 11.6 Å². The zero-order valence-corrected chi connectivity index (χ0v) is 8.73. The maximum atomic E-state index is 9.02. The zero-order valence-electron chi connectivity index (χ0n) is 8.73. The van der Waals surface area contributed by atoms with Gasteiger partial charge in [-0.1, -0.05) is 6.92 Å². The summed E-state index contributed by atoms with van der Waals surface area (Å²) in [4.78, 5) is 0. The summed E-state index contributed by atoms with van der Waals surface area (Å²) in [5.41, 5.74) is 0. The smallest absolute Gasteiger partial charge is 0.159 e. The van der Waals surface area contributed by atoms with Crippen molar-refractivity contribution < 1.29 is 9.84 Å². The van der Waals surface area contributed by atoms with Crippen LogP contribution in [0.3, 0.4) is 0 Å². The number of ether oxygens (including phenoxy) is 1. The number of hydrogen-bond donors (Lipinski definition) is 1. The van der Waals surface area contributed by atoms with Gasteiger partial charge in [-0.25, -0.2) is 0 Å². The molecule has 0 aliphatic rings. The van der Waals surface area contributed by atoms with Gasteiger partial charge in [-0.3, -0.25) is 0 Å². The van der Waals surface area contributed by atoms with Crippen molar-refractivity contribution in [2.45, 2.75) is 40.0 Å². The normalized spacial score (nSPS) is 10.8. The molecule has 0 bridgehead atoms. The van der Waals surface area contributed by atoms with Crippen molar-refractivity contribution in [2.75, 3.05) is 6.61 Å². The Morgan fingerprint density at radius 1 is 1.29 bits per heavy atom. The van der Waals surface area contributed by atoms with E-state index in [1.165, 1.54) is 0 Å². The lowest BCUT2D eigenvalue weighted by molar-refractivity contribution is 0.125. The fourth-order valence-corrected chi connectivity index (χ4v) is 1.27. The fraction of sp³-hybridized carbons (Fsp3) is 0.778. The second-order valence-electron chi connectivity index (χ2n) is 2.98. The Morgan fingerprint density at radius 3 is 2.57 bits per heavy atom. The van der Waals surface area contributed by atoms with Gasteiger partial charge in [0.25, 0.3) is 0 Å². The quantitative estimate of drug-likeness (QED) is 0.733. The van der Waals surface area contributed by atoms with E-state index in [0.717, 1.165) is 18.8 Å².